The minimum atomic E-state index is -3.78. The van der Waals surface area contributed by atoms with E-state index in [1.54, 1.807) is 20.8 Å². The van der Waals surface area contributed by atoms with E-state index in [1.165, 1.54) is 23.5 Å². The molecule has 2 saturated carbocycles. The summed E-state index contributed by atoms with van der Waals surface area (Å²) in [5.74, 6) is -0.753. The van der Waals surface area contributed by atoms with Crippen LogP contribution in [0.15, 0.2) is 4.99 Å². The first-order chi connectivity index (χ1) is 14.2. The molecule has 31 heavy (non-hydrogen) atoms. The van der Waals surface area contributed by atoms with Gasteiger partial charge in [0.05, 0.1) is 18.2 Å². The van der Waals surface area contributed by atoms with Crippen molar-refractivity contribution in [3.8, 4) is 0 Å². The Kier molecular flexibility index (Phi) is 6.62. The van der Waals surface area contributed by atoms with Gasteiger partial charge in [0.15, 0.2) is 0 Å². The van der Waals surface area contributed by atoms with Crippen LogP contribution < -0.4 is 0 Å². The van der Waals surface area contributed by atoms with Gasteiger partial charge in [0, 0.05) is 5.41 Å². The SMILES string of the molecule is CSC(=N[C@@H](CC(=O)OC(C)(C)C)C(=O)N1C2CC3CCC2(CS1(=O)=O)C3(C)C)SC. The van der Waals surface area contributed by atoms with E-state index in [4.69, 9.17) is 4.74 Å². The summed E-state index contributed by atoms with van der Waals surface area (Å²) in [7, 11) is -3.78. The zero-order chi connectivity index (χ0) is 23.4. The van der Waals surface area contributed by atoms with Crippen LogP contribution in [0.1, 0.15) is 60.3 Å². The lowest BCUT2D eigenvalue weighted by Crippen LogP contribution is -2.48. The Morgan fingerprint density at radius 2 is 1.84 bits per heavy atom. The Bertz CT molecular complexity index is 887. The fourth-order valence-electron chi connectivity index (χ4n) is 5.77. The van der Waals surface area contributed by atoms with Crippen molar-refractivity contribution in [3.05, 3.63) is 0 Å². The van der Waals surface area contributed by atoms with Gasteiger partial charge in [-0.1, -0.05) is 13.8 Å². The van der Waals surface area contributed by atoms with Crippen molar-refractivity contribution in [3.63, 3.8) is 0 Å². The number of carbonyl (C=O) groups excluding carboxylic acids is 2. The second kappa shape index (κ2) is 8.24. The Labute approximate surface area is 194 Å². The van der Waals surface area contributed by atoms with E-state index in [1.807, 2.05) is 12.5 Å². The number of ether oxygens (including phenoxy) is 1. The van der Waals surface area contributed by atoms with E-state index in [2.05, 4.69) is 18.8 Å². The smallest absolute Gasteiger partial charge is 0.309 e. The second-order valence-corrected chi connectivity index (χ2v) is 14.1. The van der Waals surface area contributed by atoms with Crippen LogP contribution in [0.25, 0.3) is 0 Å². The molecule has 3 fully saturated rings. The highest BCUT2D eigenvalue weighted by Gasteiger charge is 2.72. The molecule has 2 aliphatic carbocycles. The number of sulfonamides is 1. The van der Waals surface area contributed by atoms with E-state index >= 15 is 0 Å². The Balaban J connectivity index is 1.95. The molecule has 0 N–H and O–H groups in total. The first-order valence-electron chi connectivity index (χ1n) is 10.6. The van der Waals surface area contributed by atoms with Gasteiger partial charge in [-0.15, -0.1) is 23.5 Å². The lowest BCUT2D eigenvalue weighted by atomic mass is 9.69. The molecule has 3 rings (SSSR count). The van der Waals surface area contributed by atoms with Crippen molar-refractivity contribution in [1.82, 2.24) is 4.31 Å². The van der Waals surface area contributed by atoms with Crippen LogP contribution in [0, 0.1) is 16.7 Å². The number of hydrogen-bond donors (Lipinski definition) is 0. The summed E-state index contributed by atoms with van der Waals surface area (Å²) in [5.41, 5.74) is -1.24. The number of rotatable bonds is 4. The molecule has 1 amide bonds. The lowest BCUT2D eigenvalue weighted by molar-refractivity contribution is -0.156. The molecule has 0 aromatic carbocycles. The molecule has 1 heterocycles. The standard InChI is InChI=1S/C21H34N2O5S3/c1-19(2,3)28-16(24)11-14(22-18(29-6)30-7)17(25)23-15-10-13-8-9-21(15,20(13,4)5)12-31(23,26)27/h13-15H,8-12H2,1-7H3/t13?,14-,15?,21?/m0/s1. The minimum absolute atomic E-state index is 0.000686. The van der Waals surface area contributed by atoms with Gasteiger partial charge in [-0.3, -0.25) is 14.6 Å². The highest BCUT2D eigenvalue weighted by molar-refractivity contribution is 8.38. The Hall–Kier alpha value is -0.740. The van der Waals surface area contributed by atoms with E-state index in [0.29, 0.717) is 16.7 Å². The quantitative estimate of drug-likeness (QED) is 0.338. The number of nitrogens with zero attached hydrogens (tertiary/aromatic N) is 2. The van der Waals surface area contributed by atoms with Gasteiger partial charge in [0.2, 0.25) is 10.0 Å². The number of carbonyl (C=O) groups is 2. The summed E-state index contributed by atoms with van der Waals surface area (Å²) in [6.45, 7) is 9.55. The van der Waals surface area contributed by atoms with E-state index in [0.717, 1.165) is 17.1 Å². The molecule has 1 aliphatic heterocycles. The number of thioether (sulfide) groups is 2. The van der Waals surface area contributed by atoms with Crippen molar-refractivity contribution in [2.75, 3.05) is 18.3 Å². The third-order valence-electron chi connectivity index (χ3n) is 7.30. The summed E-state index contributed by atoms with van der Waals surface area (Å²) < 4.78 is 33.7. The molecular formula is C21H34N2O5S3. The monoisotopic (exact) mass is 490 g/mol. The molecule has 7 nitrogen and oxygen atoms in total. The number of hydrogen-bond acceptors (Lipinski definition) is 8. The molecular weight excluding hydrogens is 456 g/mol. The van der Waals surface area contributed by atoms with Gasteiger partial charge < -0.3 is 4.74 Å². The van der Waals surface area contributed by atoms with Crippen LogP contribution in [0.4, 0.5) is 0 Å². The van der Waals surface area contributed by atoms with Gasteiger partial charge >= 0.3 is 5.97 Å². The molecule has 176 valence electrons. The maximum Gasteiger partial charge on any atom is 0.309 e. The highest BCUT2D eigenvalue weighted by atomic mass is 32.2. The van der Waals surface area contributed by atoms with Crippen LogP contribution in [0.5, 0.6) is 0 Å². The summed E-state index contributed by atoms with van der Waals surface area (Å²) in [6.07, 6.45) is 5.91. The van der Waals surface area contributed by atoms with Gasteiger partial charge in [-0.25, -0.2) is 12.7 Å². The Morgan fingerprint density at radius 3 is 2.35 bits per heavy atom. The number of fused-ring (bicyclic) bond motifs is 1. The lowest BCUT2D eigenvalue weighted by Gasteiger charge is -2.37. The van der Waals surface area contributed by atoms with Gasteiger partial charge in [-0.2, -0.15) is 0 Å². The first-order valence-corrected chi connectivity index (χ1v) is 14.7. The third kappa shape index (κ3) is 4.28. The topological polar surface area (TPSA) is 93.1 Å². The van der Waals surface area contributed by atoms with E-state index in [-0.39, 0.29) is 23.6 Å². The number of aliphatic imine (C=N–C) groups is 1. The predicted molar refractivity (Wildman–Crippen MR) is 127 cm³/mol. The predicted octanol–water partition coefficient (Wildman–Crippen LogP) is 3.54. The molecule has 3 unspecified atom stereocenters. The largest absolute Gasteiger partial charge is 0.460 e. The van der Waals surface area contributed by atoms with E-state index in [9.17, 15) is 18.0 Å². The summed E-state index contributed by atoms with van der Waals surface area (Å²) in [5, 5.41) is 0. The van der Waals surface area contributed by atoms with Crippen LogP contribution in [0.2, 0.25) is 0 Å². The number of amides is 1. The zero-order valence-corrected chi connectivity index (χ0v) is 21.9. The summed E-state index contributed by atoms with van der Waals surface area (Å²) in [4.78, 5) is 30.7. The van der Waals surface area contributed by atoms with Crippen molar-refractivity contribution >= 4 is 49.8 Å². The molecule has 10 heteroatoms. The zero-order valence-electron chi connectivity index (χ0n) is 19.4. The van der Waals surface area contributed by atoms with Crippen LogP contribution >= 0.6 is 23.5 Å². The fraction of sp³-hybridized carbons (Fsp3) is 0.857. The maximum absolute atomic E-state index is 13.7. The van der Waals surface area contributed by atoms with Crippen LogP contribution in [0.3, 0.4) is 0 Å². The number of esters is 1. The molecule has 1 saturated heterocycles. The first kappa shape index (κ1) is 24.9. The fourth-order valence-corrected chi connectivity index (χ4v) is 9.47. The molecule has 4 atom stereocenters. The third-order valence-corrected chi connectivity index (χ3v) is 11.1. The minimum Gasteiger partial charge on any atom is -0.460 e. The van der Waals surface area contributed by atoms with Gasteiger partial charge in [-0.05, 0) is 63.9 Å². The Morgan fingerprint density at radius 1 is 1.23 bits per heavy atom. The average Bonchev–Trinajstić information content (AvgIpc) is 3.10. The van der Waals surface area contributed by atoms with Crippen molar-refractivity contribution in [1.29, 1.82) is 0 Å². The molecule has 0 aromatic heterocycles. The van der Waals surface area contributed by atoms with Crippen LogP contribution in [-0.2, 0) is 24.3 Å². The normalized spacial score (nSPS) is 31.3. The van der Waals surface area contributed by atoms with Crippen molar-refractivity contribution in [2.45, 2.75) is 78.0 Å². The summed E-state index contributed by atoms with van der Waals surface area (Å²) >= 11 is 2.74. The van der Waals surface area contributed by atoms with Gasteiger partial charge in [0.25, 0.3) is 5.91 Å². The highest BCUT2D eigenvalue weighted by Crippen LogP contribution is 2.70. The molecule has 2 bridgehead atoms. The van der Waals surface area contributed by atoms with Crippen molar-refractivity contribution in [2.24, 2.45) is 21.7 Å². The second-order valence-electron chi connectivity index (χ2n) is 10.4. The molecule has 1 spiro atoms. The summed E-state index contributed by atoms with van der Waals surface area (Å²) in [6, 6.07) is -1.46. The maximum atomic E-state index is 13.7. The van der Waals surface area contributed by atoms with E-state index < -0.39 is 39.0 Å². The molecule has 3 aliphatic rings. The van der Waals surface area contributed by atoms with Crippen LogP contribution in [-0.4, -0.2) is 64.9 Å². The van der Waals surface area contributed by atoms with Gasteiger partial charge in [0.1, 0.15) is 16.0 Å². The van der Waals surface area contributed by atoms with Crippen molar-refractivity contribution < 1.29 is 22.7 Å². The molecule has 0 aromatic rings. The molecule has 0 radical (unpaired) electrons. The average molecular weight is 491 g/mol.